The minimum atomic E-state index is 0.416. The zero-order chi connectivity index (χ0) is 7.40. The molecule has 0 N–H and O–H groups in total. The van der Waals surface area contributed by atoms with E-state index < -0.39 is 0 Å². The molecule has 0 bridgehead atoms. The summed E-state index contributed by atoms with van der Waals surface area (Å²) in [6.45, 7) is 5.20. The second kappa shape index (κ2) is 3.77. The van der Waals surface area contributed by atoms with E-state index in [0.29, 0.717) is 6.10 Å². The van der Waals surface area contributed by atoms with Gasteiger partial charge in [0.05, 0.1) is 6.10 Å². The highest BCUT2D eigenvalue weighted by Crippen LogP contribution is 2.14. The molecular formula is C9H16O. The summed E-state index contributed by atoms with van der Waals surface area (Å²) in [7, 11) is 0. The Morgan fingerprint density at radius 2 is 2.20 bits per heavy atom. The first kappa shape index (κ1) is 7.80. The van der Waals surface area contributed by atoms with E-state index in [4.69, 9.17) is 4.74 Å². The summed E-state index contributed by atoms with van der Waals surface area (Å²) in [4.78, 5) is 0. The molecule has 0 aromatic carbocycles. The molecule has 10 heavy (non-hydrogen) atoms. The summed E-state index contributed by atoms with van der Waals surface area (Å²) >= 11 is 0. The molecule has 1 saturated heterocycles. The van der Waals surface area contributed by atoms with Gasteiger partial charge < -0.3 is 4.74 Å². The Hall–Kier alpha value is -0.300. The molecule has 0 spiro atoms. The Balaban J connectivity index is 2.33. The standard InChI is InChI=1S/C9H16O/c1-8(2)7-9-5-3-4-6-10-9/h7,9H,3-6H2,1-2H3/t9-/m0/s1. The fourth-order valence-corrected chi connectivity index (χ4v) is 1.27. The highest BCUT2D eigenvalue weighted by molar-refractivity contribution is 4.98. The van der Waals surface area contributed by atoms with Crippen molar-refractivity contribution < 1.29 is 4.74 Å². The minimum absolute atomic E-state index is 0.416. The average Bonchev–Trinajstić information content (AvgIpc) is 1.88. The van der Waals surface area contributed by atoms with Crippen molar-refractivity contribution in [1.29, 1.82) is 0 Å². The molecule has 1 atom stereocenters. The molecule has 0 aromatic heterocycles. The predicted molar refractivity (Wildman–Crippen MR) is 43.0 cm³/mol. The van der Waals surface area contributed by atoms with Crippen molar-refractivity contribution in [2.75, 3.05) is 6.61 Å². The smallest absolute Gasteiger partial charge is 0.0758 e. The lowest BCUT2D eigenvalue weighted by atomic mass is 10.1. The fourth-order valence-electron chi connectivity index (χ4n) is 1.27. The van der Waals surface area contributed by atoms with Gasteiger partial charge >= 0.3 is 0 Å². The van der Waals surface area contributed by atoms with Crippen molar-refractivity contribution >= 4 is 0 Å². The molecule has 1 heterocycles. The zero-order valence-electron chi connectivity index (χ0n) is 6.89. The molecule has 0 aromatic rings. The van der Waals surface area contributed by atoms with Gasteiger partial charge in [-0.3, -0.25) is 0 Å². The van der Waals surface area contributed by atoms with E-state index in [2.05, 4.69) is 19.9 Å². The summed E-state index contributed by atoms with van der Waals surface area (Å²) in [5.41, 5.74) is 1.37. The van der Waals surface area contributed by atoms with Crippen LogP contribution < -0.4 is 0 Å². The van der Waals surface area contributed by atoms with Crippen LogP contribution in [0.1, 0.15) is 33.1 Å². The van der Waals surface area contributed by atoms with E-state index in [9.17, 15) is 0 Å². The van der Waals surface area contributed by atoms with Crippen molar-refractivity contribution in [3.8, 4) is 0 Å². The van der Waals surface area contributed by atoms with Gasteiger partial charge in [0.2, 0.25) is 0 Å². The minimum Gasteiger partial charge on any atom is -0.374 e. The maximum Gasteiger partial charge on any atom is 0.0758 e. The average molecular weight is 140 g/mol. The van der Waals surface area contributed by atoms with Crippen LogP contribution in [0.15, 0.2) is 11.6 Å². The van der Waals surface area contributed by atoms with Gasteiger partial charge in [-0.15, -0.1) is 0 Å². The molecule has 1 nitrogen and oxygen atoms in total. The largest absolute Gasteiger partial charge is 0.374 e. The first-order chi connectivity index (χ1) is 4.79. The predicted octanol–water partition coefficient (Wildman–Crippen LogP) is 2.52. The normalized spacial score (nSPS) is 26.0. The van der Waals surface area contributed by atoms with Crippen molar-refractivity contribution in [1.82, 2.24) is 0 Å². The molecule has 0 aliphatic carbocycles. The summed E-state index contributed by atoms with van der Waals surface area (Å²) in [6.07, 6.45) is 6.42. The van der Waals surface area contributed by atoms with Crippen LogP contribution >= 0.6 is 0 Å². The van der Waals surface area contributed by atoms with E-state index in [-0.39, 0.29) is 0 Å². The lowest BCUT2D eigenvalue weighted by Crippen LogP contribution is -2.16. The monoisotopic (exact) mass is 140 g/mol. The molecule has 0 radical (unpaired) electrons. The number of rotatable bonds is 1. The second-order valence-electron chi connectivity index (χ2n) is 3.15. The van der Waals surface area contributed by atoms with Crippen molar-refractivity contribution in [3.63, 3.8) is 0 Å². The number of ether oxygens (including phenoxy) is 1. The Bertz CT molecular complexity index is 117. The van der Waals surface area contributed by atoms with E-state index in [1.165, 1.54) is 24.8 Å². The fraction of sp³-hybridized carbons (Fsp3) is 0.778. The van der Waals surface area contributed by atoms with Gasteiger partial charge in [0, 0.05) is 6.61 Å². The zero-order valence-corrected chi connectivity index (χ0v) is 6.89. The summed E-state index contributed by atoms with van der Waals surface area (Å²) in [5.74, 6) is 0. The van der Waals surface area contributed by atoms with Crippen molar-refractivity contribution in [2.24, 2.45) is 0 Å². The van der Waals surface area contributed by atoms with Crippen molar-refractivity contribution in [2.45, 2.75) is 39.2 Å². The van der Waals surface area contributed by atoms with Crippen LogP contribution in [0.4, 0.5) is 0 Å². The maximum absolute atomic E-state index is 5.51. The maximum atomic E-state index is 5.51. The molecule has 0 saturated carbocycles. The SMILES string of the molecule is CC(C)=C[C@@H]1CCCCO1. The third kappa shape index (κ3) is 2.53. The Kier molecular flexibility index (Phi) is 2.94. The molecule has 1 aliphatic rings. The third-order valence-corrected chi connectivity index (χ3v) is 1.73. The van der Waals surface area contributed by atoms with Gasteiger partial charge in [-0.05, 0) is 33.1 Å². The summed E-state index contributed by atoms with van der Waals surface area (Å²) in [6, 6.07) is 0. The topological polar surface area (TPSA) is 9.23 Å². The number of hydrogen-bond acceptors (Lipinski definition) is 1. The lowest BCUT2D eigenvalue weighted by molar-refractivity contribution is 0.0462. The van der Waals surface area contributed by atoms with Crippen LogP contribution in [0.5, 0.6) is 0 Å². The first-order valence-electron chi connectivity index (χ1n) is 4.05. The van der Waals surface area contributed by atoms with Crippen LogP contribution in [0.3, 0.4) is 0 Å². The molecule has 0 amide bonds. The molecule has 1 aliphatic heterocycles. The molecule has 1 rings (SSSR count). The molecule has 58 valence electrons. The summed E-state index contributed by atoms with van der Waals surface area (Å²) < 4.78 is 5.51. The first-order valence-corrected chi connectivity index (χ1v) is 4.05. The van der Waals surface area contributed by atoms with E-state index in [1.54, 1.807) is 0 Å². The number of hydrogen-bond donors (Lipinski definition) is 0. The molecule has 1 heteroatoms. The molecular weight excluding hydrogens is 124 g/mol. The van der Waals surface area contributed by atoms with Gasteiger partial charge in [-0.1, -0.05) is 11.6 Å². The van der Waals surface area contributed by atoms with Crippen LogP contribution in [0, 0.1) is 0 Å². The number of allylic oxidation sites excluding steroid dienone is 1. The van der Waals surface area contributed by atoms with Gasteiger partial charge in [-0.25, -0.2) is 0 Å². The van der Waals surface area contributed by atoms with Gasteiger partial charge in [0.25, 0.3) is 0 Å². The van der Waals surface area contributed by atoms with Crippen LogP contribution in [0.25, 0.3) is 0 Å². The van der Waals surface area contributed by atoms with Crippen LogP contribution in [0.2, 0.25) is 0 Å². The van der Waals surface area contributed by atoms with Crippen molar-refractivity contribution in [3.05, 3.63) is 11.6 Å². The molecule has 1 fully saturated rings. The Labute approximate surface area is 63.1 Å². The Morgan fingerprint density at radius 1 is 1.40 bits per heavy atom. The van der Waals surface area contributed by atoms with Gasteiger partial charge in [-0.2, -0.15) is 0 Å². The Morgan fingerprint density at radius 3 is 2.70 bits per heavy atom. The van der Waals surface area contributed by atoms with Gasteiger partial charge in [0.15, 0.2) is 0 Å². The molecule has 0 unspecified atom stereocenters. The highest BCUT2D eigenvalue weighted by atomic mass is 16.5. The van der Waals surface area contributed by atoms with Crippen LogP contribution in [-0.2, 0) is 4.74 Å². The van der Waals surface area contributed by atoms with Gasteiger partial charge in [0.1, 0.15) is 0 Å². The highest BCUT2D eigenvalue weighted by Gasteiger charge is 2.09. The second-order valence-corrected chi connectivity index (χ2v) is 3.15. The van der Waals surface area contributed by atoms with E-state index >= 15 is 0 Å². The van der Waals surface area contributed by atoms with E-state index in [1.807, 2.05) is 0 Å². The quantitative estimate of drug-likeness (QED) is 0.508. The van der Waals surface area contributed by atoms with Crippen LogP contribution in [-0.4, -0.2) is 12.7 Å². The lowest BCUT2D eigenvalue weighted by Gasteiger charge is -2.19. The summed E-state index contributed by atoms with van der Waals surface area (Å²) in [5, 5.41) is 0. The third-order valence-electron chi connectivity index (χ3n) is 1.73. The van der Waals surface area contributed by atoms with E-state index in [0.717, 1.165) is 6.61 Å².